The largest absolute Gasteiger partial charge is 0.379 e. The fourth-order valence-electron chi connectivity index (χ4n) is 4.22. The van der Waals surface area contributed by atoms with E-state index in [1.807, 2.05) is 23.1 Å². The van der Waals surface area contributed by atoms with Gasteiger partial charge in [0.15, 0.2) is 0 Å². The first-order valence-corrected chi connectivity index (χ1v) is 12.1. The minimum Gasteiger partial charge on any atom is -0.379 e. The van der Waals surface area contributed by atoms with E-state index in [4.69, 9.17) is 9.47 Å². The number of carbonyl (C=O) groups is 3. The van der Waals surface area contributed by atoms with Crippen molar-refractivity contribution in [3.63, 3.8) is 0 Å². The number of hydrogen-bond donors (Lipinski definition) is 0. The van der Waals surface area contributed by atoms with Crippen LogP contribution < -0.4 is 4.90 Å². The third-order valence-corrected chi connectivity index (χ3v) is 7.42. The standard InChI is InChI=1S/C21H23BrN4O5S/c22-14-1-2-16-15(11-14)17(19(27)25(16)12-23-3-7-30-8-4-23)18-20(28)26(21(29)32-18)13-24-5-9-31-10-6-24/h1-2,11H,3-10,12-13H2. The van der Waals surface area contributed by atoms with E-state index in [2.05, 4.69) is 20.8 Å². The third-order valence-electron chi connectivity index (χ3n) is 5.94. The molecule has 0 bridgehead atoms. The predicted octanol–water partition coefficient (Wildman–Crippen LogP) is 1.78. The average molecular weight is 523 g/mol. The van der Waals surface area contributed by atoms with Crippen molar-refractivity contribution in [2.75, 3.05) is 70.8 Å². The molecule has 0 unspecified atom stereocenters. The van der Waals surface area contributed by atoms with Crippen molar-refractivity contribution < 1.29 is 23.9 Å². The Balaban J connectivity index is 1.46. The van der Waals surface area contributed by atoms with E-state index in [0.717, 1.165) is 35.0 Å². The SMILES string of the molecule is O=C1SC(=C2C(=O)N(CN3CCOCC3)c3ccc(Br)cc32)C(=O)N1CN1CCOCC1. The van der Waals surface area contributed by atoms with E-state index in [1.54, 1.807) is 4.90 Å². The number of halogens is 1. The molecule has 3 amide bonds. The van der Waals surface area contributed by atoms with E-state index in [-0.39, 0.29) is 22.7 Å². The van der Waals surface area contributed by atoms with Gasteiger partial charge in [-0.25, -0.2) is 0 Å². The van der Waals surface area contributed by atoms with Crippen molar-refractivity contribution in [3.05, 3.63) is 33.1 Å². The van der Waals surface area contributed by atoms with Crippen LogP contribution in [0.2, 0.25) is 0 Å². The number of carbonyl (C=O) groups excluding carboxylic acids is 3. The lowest BCUT2D eigenvalue weighted by molar-refractivity contribution is -0.125. The van der Waals surface area contributed by atoms with Gasteiger partial charge in [-0.1, -0.05) is 15.9 Å². The summed E-state index contributed by atoms with van der Waals surface area (Å²) in [4.78, 5) is 46.9. The highest BCUT2D eigenvalue weighted by Gasteiger charge is 2.44. The number of imide groups is 1. The van der Waals surface area contributed by atoms with Gasteiger partial charge in [0.1, 0.15) is 0 Å². The van der Waals surface area contributed by atoms with Crippen LogP contribution in [0.4, 0.5) is 10.5 Å². The minimum atomic E-state index is -0.408. The molecule has 1 aromatic carbocycles. The molecule has 0 saturated carbocycles. The second-order valence-corrected chi connectivity index (χ2v) is 9.82. The van der Waals surface area contributed by atoms with E-state index in [0.29, 0.717) is 57.3 Å². The van der Waals surface area contributed by atoms with Crippen molar-refractivity contribution in [2.24, 2.45) is 0 Å². The molecule has 4 aliphatic rings. The zero-order valence-corrected chi connectivity index (χ0v) is 19.8. The number of ether oxygens (including phenoxy) is 2. The van der Waals surface area contributed by atoms with Crippen LogP contribution in [0.1, 0.15) is 5.56 Å². The number of morpholine rings is 2. The molecule has 11 heteroatoms. The lowest BCUT2D eigenvalue weighted by Gasteiger charge is -2.30. The predicted molar refractivity (Wildman–Crippen MR) is 123 cm³/mol. The number of amides is 3. The van der Waals surface area contributed by atoms with Gasteiger partial charge in [0, 0.05) is 36.2 Å². The van der Waals surface area contributed by atoms with E-state index < -0.39 is 5.91 Å². The molecular formula is C21H23BrN4O5S. The van der Waals surface area contributed by atoms with Crippen LogP contribution in [0.5, 0.6) is 0 Å². The number of rotatable bonds is 4. The fraction of sp³-hybridized carbons (Fsp3) is 0.476. The first-order chi connectivity index (χ1) is 15.5. The van der Waals surface area contributed by atoms with Crippen molar-refractivity contribution in [1.82, 2.24) is 14.7 Å². The highest BCUT2D eigenvalue weighted by Crippen LogP contribution is 2.45. The van der Waals surface area contributed by atoms with Gasteiger partial charge < -0.3 is 9.47 Å². The highest BCUT2D eigenvalue weighted by molar-refractivity contribution is 9.10. The molecule has 0 spiro atoms. The number of benzene rings is 1. The zero-order chi connectivity index (χ0) is 22.2. The molecule has 4 heterocycles. The Morgan fingerprint density at radius 1 is 0.844 bits per heavy atom. The normalized spacial score (nSPS) is 25.2. The Labute approximate surface area is 198 Å². The molecule has 4 aliphatic heterocycles. The molecule has 0 atom stereocenters. The quantitative estimate of drug-likeness (QED) is 0.553. The maximum Gasteiger partial charge on any atom is 0.294 e. The van der Waals surface area contributed by atoms with Crippen molar-refractivity contribution in [2.45, 2.75) is 0 Å². The van der Waals surface area contributed by atoms with Gasteiger partial charge in [-0.2, -0.15) is 0 Å². The summed E-state index contributed by atoms with van der Waals surface area (Å²) >= 11 is 4.33. The third kappa shape index (κ3) is 4.13. The van der Waals surface area contributed by atoms with Crippen LogP contribution >= 0.6 is 27.7 Å². The summed E-state index contributed by atoms with van der Waals surface area (Å²) in [6.07, 6.45) is 0. The van der Waals surface area contributed by atoms with Crippen molar-refractivity contribution in [1.29, 1.82) is 0 Å². The molecule has 3 fully saturated rings. The van der Waals surface area contributed by atoms with Crippen LogP contribution in [0.3, 0.4) is 0 Å². The van der Waals surface area contributed by atoms with E-state index >= 15 is 0 Å². The molecule has 170 valence electrons. The minimum absolute atomic E-state index is 0.206. The van der Waals surface area contributed by atoms with Crippen LogP contribution in [-0.4, -0.2) is 97.7 Å². The monoisotopic (exact) mass is 522 g/mol. The van der Waals surface area contributed by atoms with Gasteiger partial charge in [-0.3, -0.25) is 34.0 Å². The van der Waals surface area contributed by atoms with Gasteiger partial charge in [0.2, 0.25) is 0 Å². The number of nitrogens with zero attached hydrogens (tertiary/aromatic N) is 4. The van der Waals surface area contributed by atoms with Gasteiger partial charge >= 0.3 is 0 Å². The lowest BCUT2D eigenvalue weighted by Crippen LogP contribution is -2.45. The average Bonchev–Trinajstić information content (AvgIpc) is 3.22. The molecule has 0 aliphatic carbocycles. The van der Waals surface area contributed by atoms with Gasteiger partial charge in [-0.15, -0.1) is 0 Å². The van der Waals surface area contributed by atoms with Gasteiger partial charge in [-0.05, 0) is 30.0 Å². The summed E-state index contributed by atoms with van der Waals surface area (Å²) in [7, 11) is 0. The van der Waals surface area contributed by atoms with E-state index in [9.17, 15) is 14.4 Å². The summed E-state index contributed by atoms with van der Waals surface area (Å²) in [6.45, 7) is 5.83. The summed E-state index contributed by atoms with van der Waals surface area (Å²) in [5.41, 5.74) is 1.73. The Hall–Kier alpha value is -1.76. The first-order valence-electron chi connectivity index (χ1n) is 10.5. The summed E-state index contributed by atoms with van der Waals surface area (Å²) < 4.78 is 11.6. The van der Waals surface area contributed by atoms with Crippen LogP contribution in [0, 0.1) is 0 Å². The van der Waals surface area contributed by atoms with Crippen molar-refractivity contribution >= 4 is 56.0 Å². The smallest absolute Gasteiger partial charge is 0.294 e. The molecule has 9 nitrogen and oxygen atoms in total. The Morgan fingerprint density at radius 2 is 1.44 bits per heavy atom. The maximum absolute atomic E-state index is 13.6. The molecule has 1 aromatic rings. The fourth-order valence-corrected chi connectivity index (χ4v) is 5.50. The summed E-state index contributed by atoms with van der Waals surface area (Å²) in [5, 5.41) is -0.347. The topological polar surface area (TPSA) is 82.6 Å². The Kier molecular flexibility index (Phi) is 6.37. The van der Waals surface area contributed by atoms with Crippen LogP contribution in [0.25, 0.3) is 5.57 Å². The first kappa shape index (κ1) is 22.1. The van der Waals surface area contributed by atoms with Gasteiger partial charge in [0.05, 0.1) is 55.9 Å². The second-order valence-electron chi connectivity index (χ2n) is 7.94. The van der Waals surface area contributed by atoms with E-state index in [1.165, 1.54) is 4.90 Å². The van der Waals surface area contributed by atoms with Crippen LogP contribution in [-0.2, 0) is 19.1 Å². The number of thioether (sulfide) groups is 1. The molecule has 5 rings (SSSR count). The molecule has 0 radical (unpaired) electrons. The number of anilines is 1. The maximum atomic E-state index is 13.6. The molecule has 3 saturated heterocycles. The molecule has 0 N–H and O–H groups in total. The molecule has 0 aromatic heterocycles. The summed E-state index contributed by atoms with van der Waals surface area (Å²) in [5.74, 6) is -0.657. The lowest BCUT2D eigenvalue weighted by atomic mass is 10.1. The number of fused-ring (bicyclic) bond motifs is 1. The second kappa shape index (κ2) is 9.24. The Morgan fingerprint density at radius 3 is 2.06 bits per heavy atom. The molecule has 32 heavy (non-hydrogen) atoms. The van der Waals surface area contributed by atoms with Gasteiger partial charge in [0.25, 0.3) is 17.1 Å². The highest BCUT2D eigenvalue weighted by atomic mass is 79.9. The number of hydrogen-bond acceptors (Lipinski definition) is 8. The Bertz CT molecular complexity index is 990. The molecular weight excluding hydrogens is 500 g/mol. The van der Waals surface area contributed by atoms with Crippen LogP contribution in [0.15, 0.2) is 27.6 Å². The van der Waals surface area contributed by atoms with Crippen molar-refractivity contribution in [3.8, 4) is 0 Å². The summed E-state index contributed by atoms with van der Waals surface area (Å²) in [6, 6.07) is 5.60. The zero-order valence-electron chi connectivity index (χ0n) is 17.4.